The Morgan fingerprint density at radius 1 is 0.562 bits per heavy atom. The molecule has 4 fully saturated rings. The molecule has 48 heavy (non-hydrogen) atoms. The number of rotatable bonds is 6. The highest BCUT2D eigenvalue weighted by Gasteiger charge is 2.48. The third-order valence-corrected chi connectivity index (χ3v) is 11.4. The summed E-state index contributed by atoms with van der Waals surface area (Å²) < 4.78 is 11.7. The van der Waals surface area contributed by atoms with Crippen molar-refractivity contribution in [2.75, 3.05) is 0 Å². The number of piperidine rings is 2. The molecule has 6 N–H and O–H groups in total. The van der Waals surface area contributed by atoms with Crippen molar-refractivity contribution in [1.82, 2.24) is 31.4 Å². The van der Waals surface area contributed by atoms with Crippen LogP contribution in [0.1, 0.15) is 133 Å². The lowest BCUT2D eigenvalue weighted by Crippen LogP contribution is -2.61. The van der Waals surface area contributed by atoms with E-state index in [1.54, 1.807) is 0 Å². The first-order valence-electron chi connectivity index (χ1n) is 18.1. The van der Waals surface area contributed by atoms with Gasteiger partial charge in [0.25, 0.3) is 0 Å². The van der Waals surface area contributed by atoms with Crippen LogP contribution in [0, 0.1) is 11.8 Å². The molecular formula is C35H64N6O7. The molecule has 13 nitrogen and oxygen atoms in total. The largest absolute Gasteiger partial charge is 0.446 e. The number of nitrogens with one attached hydrogen (secondary N) is 4. The number of nitrogens with zero attached hydrogens (tertiary/aromatic N) is 2. The number of hydrogen-bond donors (Lipinski definition) is 6. The van der Waals surface area contributed by atoms with Crippen LogP contribution in [0.3, 0.4) is 0 Å². The Labute approximate surface area is 287 Å². The molecule has 4 aliphatic rings. The minimum absolute atomic E-state index is 0.110. The van der Waals surface area contributed by atoms with E-state index in [1.807, 2.05) is 55.4 Å². The molecule has 13 heteroatoms. The minimum atomic E-state index is -0.516. The second-order valence-electron chi connectivity index (χ2n) is 17.8. The van der Waals surface area contributed by atoms with Crippen LogP contribution in [0.4, 0.5) is 14.4 Å². The maximum absolute atomic E-state index is 13.3. The van der Waals surface area contributed by atoms with Gasteiger partial charge in [-0.15, -0.1) is 0 Å². The first kappa shape index (κ1) is 38.5. The third-order valence-electron chi connectivity index (χ3n) is 11.4. The fraction of sp³-hybridized carbons (Fsp3) is 0.914. The Hall–Kier alpha value is -2.35. The molecule has 2 aliphatic heterocycles. The van der Waals surface area contributed by atoms with E-state index >= 15 is 0 Å². The summed E-state index contributed by atoms with van der Waals surface area (Å²) >= 11 is 0. The van der Waals surface area contributed by atoms with E-state index in [0.717, 1.165) is 25.7 Å². The van der Waals surface area contributed by atoms with Crippen LogP contribution in [0.25, 0.3) is 0 Å². The monoisotopic (exact) mass is 680 g/mol. The summed E-state index contributed by atoms with van der Waals surface area (Å²) in [5.74, 6) is 0.502. The van der Waals surface area contributed by atoms with Gasteiger partial charge >= 0.3 is 18.2 Å². The smallest absolute Gasteiger partial charge is 0.407 e. The van der Waals surface area contributed by atoms with E-state index in [4.69, 9.17) is 9.47 Å². The lowest BCUT2D eigenvalue weighted by atomic mass is 9.80. The molecule has 6 unspecified atom stereocenters. The molecule has 2 aliphatic carbocycles. The molecule has 4 rings (SSSR count). The predicted octanol–water partition coefficient (Wildman–Crippen LogP) is 5.67. The zero-order valence-corrected chi connectivity index (χ0v) is 31.0. The minimum Gasteiger partial charge on any atom is -0.446 e. The highest BCUT2D eigenvalue weighted by atomic mass is 16.6. The summed E-state index contributed by atoms with van der Waals surface area (Å²) in [5, 5.41) is 36.3. The number of alkyl carbamates (subject to hydrolysis) is 2. The molecular weight excluding hydrogens is 616 g/mol. The Kier molecular flexibility index (Phi) is 11.6. The van der Waals surface area contributed by atoms with E-state index in [-0.39, 0.29) is 54.2 Å². The molecule has 0 radical (unpaired) electrons. The zero-order chi connectivity index (χ0) is 35.8. The van der Waals surface area contributed by atoms with Gasteiger partial charge in [-0.25, -0.2) is 14.4 Å². The normalized spacial score (nSPS) is 34.0. The second-order valence-corrected chi connectivity index (χ2v) is 17.8. The Bertz CT molecular complexity index is 1040. The quantitative estimate of drug-likeness (QED) is 0.207. The Morgan fingerprint density at radius 2 is 0.875 bits per heavy atom. The van der Waals surface area contributed by atoms with E-state index in [9.17, 15) is 24.8 Å². The number of hydrogen-bond acceptors (Lipinski definition) is 9. The SMILES string of the molecule is CC1CCC(NC(=O)OC2CC(C)(C)N(O)C(C)(C)C2)CC1NC(=O)NC1CC(NC(=O)OC2CC(C)(C)N(O)C(C)(C)C2)CCC1C. The van der Waals surface area contributed by atoms with Gasteiger partial charge in [-0.05, 0) is 106 Å². The maximum atomic E-state index is 13.3. The van der Waals surface area contributed by atoms with Gasteiger partial charge in [-0.3, -0.25) is 0 Å². The van der Waals surface area contributed by atoms with E-state index in [1.165, 1.54) is 10.1 Å². The third kappa shape index (κ3) is 9.45. The van der Waals surface area contributed by atoms with Crippen molar-refractivity contribution in [3.63, 3.8) is 0 Å². The van der Waals surface area contributed by atoms with E-state index in [2.05, 4.69) is 35.1 Å². The average molecular weight is 681 g/mol. The summed E-state index contributed by atoms with van der Waals surface area (Å²) in [6.45, 7) is 19.8. The van der Waals surface area contributed by atoms with Crippen LogP contribution in [0.2, 0.25) is 0 Å². The fourth-order valence-corrected chi connectivity index (χ4v) is 8.92. The van der Waals surface area contributed by atoms with Crippen molar-refractivity contribution < 1.29 is 34.3 Å². The molecule has 2 saturated heterocycles. The fourth-order valence-electron chi connectivity index (χ4n) is 8.92. The van der Waals surface area contributed by atoms with Gasteiger partial charge in [0.1, 0.15) is 12.2 Å². The van der Waals surface area contributed by atoms with Crippen LogP contribution in [-0.4, -0.2) is 97.3 Å². The highest BCUT2D eigenvalue weighted by molar-refractivity contribution is 5.75. The molecule has 0 spiro atoms. The number of carbonyl (C=O) groups excluding carboxylic acids is 3. The molecule has 4 amide bonds. The van der Waals surface area contributed by atoms with Crippen molar-refractivity contribution in [2.24, 2.45) is 11.8 Å². The number of urea groups is 1. The van der Waals surface area contributed by atoms with Crippen LogP contribution in [-0.2, 0) is 9.47 Å². The van der Waals surface area contributed by atoms with Gasteiger partial charge in [0, 0.05) is 72.0 Å². The maximum Gasteiger partial charge on any atom is 0.407 e. The number of carbonyl (C=O) groups is 3. The molecule has 0 bridgehead atoms. The van der Waals surface area contributed by atoms with Gasteiger partial charge in [0.2, 0.25) is 0 Å². The van der Waals surface area contributed by atoms with Gasteiger partial charge < -0.3 is 41.2 Å². The van der Waals surface area contributed by atoms with Crippen LogP contribution >= 0.6 is 0 Å². The second kappa shape index (κ2) is 14.5. The Balaban J connectivity index is 1.23. The van der Waals surface area contributed by atoms with Gasteiger partial charge in [-0.2, -0.15) is 10.1 Å². The van der Waals surface area contributed by atoms with E-state index < -0.39 is 34.3 Å². The van der Waals surface area contributed by atoms with Gasteiger partial charge in [0.15, 0.2) is 0 Å². The highest BCUT2D eigenvalue weighted by Crippen LogP contribution is 2.39. The molecule has 2 heterocycles. The van der Waals surface area contributed by atoms with Crippen LogP contribution in [0.5, 0.6) is 0 Å². The van der Waals surface area contributed by atoms with Crippen molar-refractivity contribution in [2.45, 2.75) is 192 Å². The van der Waals surface area contributed by atoms with Crippen molar-refractivity contribution in [1.29, 1.82) is 0 Å². The standard InChI is InChI=1S/C35H64N6O7/c1-21-11-13-23(36-30(43)47-25-17-32(3,4)40(45)33(5,6)18-25)15-27(21)38-29(42)39-28-16-24(14-12-22(28)2)37-31(44)48-26-19-34(7,8)41(46)35(9,10)20-26/h21-28,45-46H,11-20H2,1-10H3,(H,36,43)(H,37,44)(H2,38,39,42). The van der Waals surface area contributed by atoms with Gasteiger partial charge in [0.05, 0.1) is 0 Å². The summed E-state index contributed by atoms with van der Waals surface area (Å²) in [5.41, 5.74) is -2.06. The number of ether oxygens (including phenoxy) is 2. The summed E-state index contributed by atoms with van der Waals surface area (Å²) in [6.07, 6.45) is 5.14. The van der Waals surface area contributed by atoms with E-state index in [0.29, 0.717) is 38.5 Å². The lowest BCUT2D eigenvalue weighted by Gasteiger charge is -2.50. The Morgan fingerprint density at radius 3 is 1.19 bits per heavy atom. The number of hydroxylamine groups is 4. The molecule has 0 aromatic heterocycles. The molecule has 0 aromatic rings. The van der Waals surface area contributed by atoms with Crippen LogP contribution in [0.15, 0.2) is 0 Å². The predicted molar refractivity (Wildman–Crippen MR) is 182 cm³/mol. The molecule has 0 aromatic carbocycles. The number of amides is 4. The molecule has 6 atom stereocenters. The summed E-state index contributed by atoms with van der Waals surface area (Å²) in [4.78, 5) is 39.1. The molecule has 276 valence electrons. The summed E-state index contributed by atoms with van der Waals surface area (Å²) in [6, 6.07) is -0.697. The first-order chi connectivity index (χ1) is 22.1. The van der Waals surface area contributed by atoms with Crippen molar-refractivity contribution >= 4 is 18.2 Å². The zero-order valence-electron chi connectivity index (χ0n) is 31.0. The van der Waals surface area contributed by atoms with Crippen molar-refractivity contribution in [3.05, 3.63) is 0 Å². The van der Waals surface area contributed by atoms with Gasteiger partial charge in [-0.1, -0.05) is 13.8 Å². The first-order valence-corrected chi connectivity index (χ1v) is 18.1. The topological polar surface area (TPSA) is 165 Å². The molecule has 2 saturated carbocycles. The summed E-state index contributed by atoms with van der Waals surface area (Å²) in [7, 11) is 0. The lowest BCUT2D eigenvalue weighted by molar-refractivity contribution is -0.256. The van der Waals surface area contributed by atoms with Crippen LogP contribution < -0.4 is 21.3 Å². The average Bonchev–Trinajstić information content (AvgIpc) is 2.93. The van der Waals surface area contributed by atoms with Crippen molar-refractivity contribution in [3.8, 4) is 0 Å².